The molecule has 0 saturated carbocycles. The Hall–Kier alpha value is -0.829. The van der Waals surface area contributed by atoms with Crippen LogP contribution in [0, 0.1) is 0 Å². The van der Waals surface area contributed by atoms with Crippen molar-refractivity contribution in [3.8, 4) is 0 Å². The fourth-order valence-electron chi connectivity index (χ4n) is 2.84. The summed E-state index contributed by atoms with van der Waals surface area (Å²) in [6.07, 6.45) is 2.27. The van der Waals surface area contributed by atoms with Gasteiger partial charge in [-0.1, -0.05) is 39.1 Å². The van der Waals surface area contributed by atoms with Crippen molar-refractivity contribution in [3.05, 3.63) is 83.9 Å². The van der Waals surface area contributed by atoms with Gasteiger partial charge < -0.3 is 0 Å². The first-order valence-corrected chi connectivity index (χ1v) is 15.8. The molecule has 0 saturated heterocycles. The van der Waals surface area contributed by atoms with Crippen LogP contribution in [0.1, 0.15) is 25.0 Å². The molecule has 0 unspecified atom stereocenters. The van der Waals surface area contributed by atoms with E-state index in [-0.39, 0.29) is 0 Å². The Bertz CT molecular complexity index is 769. The van der Waals surface area contributed by atoms with E-state index in [0.29, 0.717) is 0 Å². The second kappa shape index (κ2) is 15.1. The van der Waals surface area contributed by atoms with Crippen molar-refractivity contribution in [3.63, 3.8) is 0 Å². The molecule has 4 aromatic rings. The summed E-state index contributed by atoms with van der Waals surface area (Å²) in [5.41, 5.74) is 2.87. The minimum absolute atomic E-state index is 0.556. The van der Waals surface area contributed by atoms with E-state index in [9.17, 15) is 0 Å². The molecule has 0 aliphatic rings. The molecule has 28 heavy (non-hydrogen) atoms. The maximum absolute atomic E-state index is 4.89. The first-order chi connectivity index (χ1) is 13.6. The van der Waals surface area contributed by atoms with E-state index in [2.05, 4.69) is 99.7 Å². The molecule has 0 bridgehead atoms. The van der Waals surface area contributed by atoms with Gasteiger partial charge in [-0.3, -0.25) is 0 Å². The van der Waals surface area contributed by atoms with Crippen molar-refractivity contribution in [2.24, 2.45) is 0 Å². The third-order valence-corrected chi connectivity index (χ3v) is 4.17. The molecule has 0 fully saturated rings. The predicted octanol–water partition coefficient (Wildman–Crippen LogP) is 8.41. The van der Waals surface area contributed by atoms with Crippen LogP contribution in [0.25, 0.3) is 21.5 Å². The van der Waals surface area contributed by atoms with Gasteiger partial charge in [-0.15, -0.1) is 81.2 Å². The molecule has 0 atom stereocenters. The third kappa shape index (κ3) is 8.68. The summed E-state index contributed by atoms with van der Waals surface area (Å²) in [6.45, 7) is 8.68. The molecule has 4 aromatic carbocycles. The van der Waals surface area contributed by atoms with Gasteiger partial charge >= 0.3 is 35.6 Å². The molecule has 0 N–H and O–H groups in total. The summed E-state index contributed by atoms with van der Waals surface area (Å²) in [5.74, 6) is 0. The molecule has 0 spiro atoms. The van der Waals surface area contributed by atoms with Gasteiger partial charge in [0.2, 0.25) is 0 Å². The van der Waals surface area contributed by atoms with E-state index in [1.165, 1.54) is 32.7 Å². The SMILES string of the molecule is CCc1cc2ccccc2[cH-]1.CCc1cc2ccccc2[cH-]1.C[Si]C.[Cl][Ti][Cl]. The molecule has 0 aromatic heterocycles. The summed E-state index contributed by atoms with van der Waals surface area (Å²) in [5, 5.41) is 5.46. The van der Waals surface area contributed by atoms with Crippen LogP contribution in [0.4, 0.5) is 0 Å². The molecule has 4 heteroatoms. The fourth-order valence-corrected chi connectivity index (χ4v) is 2.84. The number of halogens is 2. The zero-order chi connectivity index (χ0) is 20.8. The van der Waals surface area contributed by atoms with Gasteiger partial charge in [0.05, 0.1) is 0 Å². The Balaban J connectivity index is 0.000000220. The fraction of sp³-hybridized carbons (Fsp3) is 0.250. The second-order valence-electron chi connectivity index (χ2n) is 6.26. The monoisotopic (exact) mass is 462 g/mol. The third-order valence-electron chi connectivity index (χ3n) is 4.17. The van der Waals surface area contributed by atoms with E-state index in [1.807, 2.05) is 0 Å². The molecule has 4 rings (SSSR count). The second-order valence-corrected chi connectivity index (χ2v) is 9.84. The van der Waals surface area contributed by atoms with Gasteiger partial charge in [-0.25, -0.2) is 0 Å². The van der Waals surface area contributed by atoms with E-state index in [4.69, 9.17) is 18.6 Å². The Morgan fingerprint density at radius 2 is 1.07 bits per heavy atom. The van der Waals surface area contributed by atoms with Crippen molar-refractivity contribution in [2.45, 2.75) is 39.8 Å². The molecule has 0 nitrogen and oxygen atoms in total. The number of hydrogen-bond donors (Lipinski definition) is 0. The van der Waals surface area contributed by atoms with Crippen molar-refractivity contribution >= 4 is 49.7 Å². The van der Waals surface area contributed by atoms with Crippen LogP contribution in [0.3, 0.4) is 0 Å². The Labute approximate surface area is 189 Å². The average Bonchev–Trinajstić information content (AvgIpc) is 3.33. The summed E-state index contributed by atoms with van der Waals surface area (Å²) < 4.78 is 0. The van der Waals surface area contributed by atoms with Crippen LogP contribution in [0.5, 0.6) is 0 Å². The number of hydrogen-bond acceptors (Lipinski definition) is 0. The molecule has 0 amide bonds. The molecule has 0 heterocycles. The van der Waals surface area contributed by atoms with Crippen LogP contribution in [0.15, 0.2) is 72.8 Å². The first-order valence-electron chi connectivity index (χ1n) is 9.46. The Kier molecular flexibility index (Phi) is 13.6. The van der Waals surface area contributed by atoms with Gasteiger partial charge in [-0.2, -0.15) is 12.1 Å². The molecular weight excluding hydrogens is 435 g/mol. The van der Waals surface area contributed by atoms with Gasteiger partial charge in [0, 0.05) is 9.52 Å². The molecular formula is C24H28Cl2SiTi-2. The molecule has 0 aliphatic heterocycles. The summed E-state index contributed by atoms with van der Waals surface area (Å²) in [7, 11) is 10.9. The predicted molar refractivity (Wildman–Crippen MR) is 127 cm³/mol. The van der Waals surface area contributed by atoms with E-state index < -0.39 is 17.0 Å². The topological polar surface area (TPSA) is 0 Å². The van der Waals surface area contributed by atoms with Crippen molar-refractivity contribution < 1.29 is 17.0 Å². The molecule has 148 valence electrons. The van der Waals surface area contributed by atoms with E-state index in [0.717, 1.165) is 22.4 Å². The van der Waals surface area contributed by atoms with Crippen LogP contribution < -0.4 is 0 Å². The Morgan fingerprint density at radius 3 is 1.36 bits per heavy atom. The number of aryl methyl sites for hydroxylation is 2. The minimum atomic E-state index is -0.556. The van der Waals surface area contributed by atoms with E-state index in [1.54, 1.807) is 0 Å². The standard InChI is InChI=1S/2C11H11.C2H6Si.2ClH.Ti/c2*1-2-9-7-10-5-3-4-6-11(10)8-9;1-3-2;;;/h2*3-8H,2H2,1H3;1-2H3;2*1H;/q2*-1;;;;+2/p-2. The van der Waals surface area contributed by atoms with Crippen LogP contribution in [-0.2, 0) is 29.9 Å². The van der Waals surface area contributed by atoms with Gasteiger partial charge in [0.25, 0.3) is 0 Å². The van der Waals surface area contributed by atoms with Gasteiger partial charge in [0.1, 0.15) is 0 Å². The zero-order valence-electron chi connectivity index (χ0n) is 17.1. The summed E-state index contributed by atoms with van der Waals surface area (Å²) in [6, 6.07) is 26.0. The normalized spacial score (nSPS) is 9.50. The quantitative estimate of drug-likeness (QED) is 0.207. The van der Waals surface area contributed by atoms with Crippen molar-refractivity contribution in [1.82, 2.24) is 0 Å². The van der Waals surface area contributed by atoms with Crippen LogP contribution in [-0.4, -0.2) is 9.52 Å². The molecule has 0 aliphatic carbocycles. The Morgan fingerprint density at radius 1 is 0.750 bits per heavy atom. The van der Waals surface area contributed by atoms with Gasteiger partial charge in [0.15, 0.2) is 0 Å². The zero-order valence-corrected chi connectivity index (χ0v) is 21.2. The maximum atomic E-state index is 4.89. The van der Waals surface area contributed by atoms with Gasteiger partial charge in [-0.05, 0) is 12.8 Å². The van der Waals surface area contributed by atoms with E-state index >= 15 is 0 Å². The number of fused-ring (bicyclic) bond motifs is 2. The van der Waals surface area contributed by atoms with Crippen molar-refractivity contribution in [1.29, 1.82) is 0 Å². The van der Waals surface area contributed by atoms with Crippen LogP contribution >= 0.6 is 18.6 Å². The number of benzene rings is 2. The van der Waals surface area contributed by atoms with Crippen molar-refractivity contribution in [2.75, 3.05) is 0 Å². The average molecular weight is 463 g/mol. The molecule has 2 radical (unpaired) electrons. The summed E-state index contributed by atoms with van der Waals surface area (Å²) in [4.78, 5) is 0. The van der Waals surface area contributed by atoms with Crippen LogP contribution in [0.2, 0.25) is 13.1 Å². The summed E-state index contributed by atoms with van der Waals surface area (Å²) >= 11 is -0.556. The number of rotatable bonds is 2. The first kappa shape index (κ1) is 25.2.